The highest BCUT2D eigenvalue weighted by Crippen LogP contribution is 2.28. The van der Waals surface area contributed by atoms with Gasteiger partial charge in [0.25, 0.3) is 5.69 Å². The van der Waals surface area contributed by atoms with E-state index >= 15 is 0 Å². The second kappa shape index (κ2) is 6.90. The fourth-order valence-electron chi connectivity index (χ4n) is 2.70. The molecule has 1 aliphatic carbocycles. The van der Waals surface area contributed by atoms with Gasteiger partial charge >= 0.3 is 0 Å². The number of hydrogen-bond acceptors (Lipinski definition) is 4. The lowest BCUT2D eigenvalue weighted by atomic mass is 9.96. The summed E-state index contributed by atoms with van der Waals surface area (Å²) in [7, 11) is 0. The van der Waals surface area contributed by atoms with Crippen molar-refractivity contribution in [3.63, 3.8) is 0 Å². The van der Waals surface area contributed by atoms with Crippen LogP contribution in [0.3, 0.4) is 0 Å². The zero-order chi connectivity index (χ0) is 14.4. The first-order chi connectivity index (χ1) is 9.70. The van der Waals surface area contributed by atoms with Crippen molar-refractivity contribution in [3.05, 3.63) is 33.9 Å². The fourth-order valence-corrected chi connectivity index (χ4v) is 2.70. The molecule has 20 heavy (non-hydrogen) atoms. The predicted octanol–water partition coefficient (Wildman–Crippen LogP) is 3.99. The summed E-state index contributed by atoms with van der Waals surface area (Å²) < 4.78 is 0. The Morgan fingerprint density at radius 1 is 1.20 bits per heavy atom. The van der Waals surface area contributed by atoms with E-state index in [2.05, 4.69) is 5.32 Å². The van der Waals surface area contributed by atoms with E-state index in [1.165, 1.54) is 31.4 Å². The standard InChI is InChI=1S/C15H19N3O2/c16-11-12-8-9-15(18(19)20)14(10-12)17-13-6-4-2-1-3-5-7-13/h8-10,13,17H,1-7H2. The van der Waals surface area contributed by atoms with Gasteiger partial charge in [0.2, 0.25) is 0 Å². The first kappa shape index (κ1) is 14.3. The summed E-state index contributed by atoms with van der Waals surface area (Å²) in [5.41, 5.74) is 0.967. The number of nitriles is 1. The number of hydrogen-bond donors (Lipinski definition) is 1. The molecule has 1 aliphatic rings. The summed E-state index contributed by atoms with van der Waals surface area (Å²) in [6.45, 7) is 0. The van der Waals surface area contributed by atoms with Crippen LogP contribution in [0.4, 0.5) is 11.4 Å². The molecule has 106 valence electrons. The minimum absolute atomic E-state index is 0.0473. The first-order valence-electron chi connectivity index (χ1n) is 7.16. The minimum atomic E-state index is -0.396. The van der Waals surface area contributed by atoms with E-state index in [-0.39, 0.29) is 11.7 Å². The normalized spacial score (nSPS) is 16.8. The van der Waals surface area contributed by atoms with Gasteiger partial charge < -0.3 is 5.32 Å². The molecule has 5 heteroatoms. The third-order valence-electron chi connectivity index (χ3n) is 3.79. The van der Waals surface area contributed by atoms with Crippen LogP contribution in [0.15, 0.2) is 18.2 Å². The number of benzene rings is 1. The van der Waals surface area contributed by atoms with Gasteiger partial charge in [-0.3, -0.25) is 10.1 Å². The van der Waals surface area contributed by atoms with E-state index in [1.807, 2.05) is 6.07 Å². The monoisotopic (exact) mass is 273 g/mol. The van der Waals surface area contributed by atoms with Crippen molar-refractivity contribution < 1.29 is 4.92 Å². The van der Waals surface area contributed by atoms with Crippen LogP contribution in [0.2, 0.25) is 0 Å². The lowest BCUT2D eigenvalue weighted by Gasteiger charge is -2.22. The van der Waals surface area contributed by atoms with Crippen LogP contribution in [0.1, 0.15) is 50.5 Å². The Bertz CT molecular complexity index is 514. The van der Waals surface area contributed by atoms with Crippen molar-refractivity contribution in [2.24, 2.45) is 0 Å². The summed E-state index contributed by atoms with van der Waals surface area (Å²) in [5.74, 6) is 0. The van der Waals surface area contributed by atoms with E-state index in [0.29, 0.717) is 11.3 Å². The van der Waals surface area contributed by atoms with E-state index < -0.39 is 4.92 Å². The number of nitro benzene ring substituents is 1. The Balaban J connectivity index is 2.17. The Labute approximate surface area is 118 Å². The van der Waals surface area contributed by atoms with Crippen LogP contribution in [0.25, 0.3) is 0 Å². The molecule has 0 aromatic heterocycles. The Morgan fingerprint density at radius 3 is 2.45 bits per heavy atom. The topological polar surface area (TPSA) is 79.0 Å². The van der Waals surface area contributed by atoms with Gasteiger partial charge in [-0.15, -0.1) is 0 Å². The summed E-state index contributed by atoms with van der Waals surface area (Å²) in [6.07, 6.45) is 8.14. The van der Waals surface area contributed by atoms with E-state index in [9.17, 15) is 10.1 Å². The number of nitrogens with one attached hydrogen (secondary N) is 1. The van der Waals surface area contributed by atoms with Crippen LogP contribution >= 0.6 is 0 Å². The van der Waals surface area contributed by atoms with Gasteiger partial charge in [0, 0.05) is 12.1 Å². The SMILES string of the molecule is N#Cc1ccc([N+](=O)[O-])c(NC2CCCCCCC2)c1. The molecule has 5 nitrogen and oxygen atoms in total. The molecular weight excluding hydrogens is 254 g/mol. The molecule has 0 bridgehead atoms. The largest absolute Gasteiger partial charge is 0.377 e. The smallest absolute Gasteiger partial charge is 0.292 e. The molecule has 1 saturated carbocycles. The zero-order valence-corrected chi connectivity index (χ0v) is 11.5. The highest BCUT2D eigenvalue weighted by molar-refractivity contribution is 5.64. The van der Waals surface area contributed by atoms with E-state index in [0.717, 1.165) is 25.7 Å². The molecular formula is C15H19N3O2. The number of nitrogens with zero attached hydrogens (tertiary/aromatic N) is 2. The minimum Gasteiger partial charge on any atom is -0.377 e. The lowest BCUT2D eigenvalue weighted by molar-refractivity contribution is -0.384. The molecule has 0 aliphatic heterocycles. The van der Waals surface area contributed by atoms with Crippen molar-refractivity contribution in [2.75, 3.05) is 5.32 Å². The molecule has 1 fully saturated rings. The summed E-state index contributed by atoms with van der Waals surface area (Å²) in [6, 6.07) is 6.77. The quantitative estimate of drug-likeness (QED) is 0.667. The maximum atomic E-state index is 11.1. The van der Waals surface area contributed by atoms with Crippen molar-refractivity contribution in [2.45, 2.75) is 51.0 Å². The average molecular weight is 273 g/mol. The predicted molar refractivity (Wildman–Crippen MR) is 77.5 cm³/mol. The van der Waals surface area contributed by atoms with E-state index in [4.69, 9.17) is 5.26 Å². The summed E-state index contributed by atoms with van der Waals surface area (Å²) >= 11 is 0. The lowest BCUT2D eigenvalue weighted by Crippen LogP contribution is -2.21. The third-order valence-corrected chi connectivity index (χ3v) is 3.79. The van der Waals surface area contributed by atoms with E-state index in [1.54, 1.807) is 6.07 Å². The third kappa shape index (κ3) is 3.70. The Morgan fingerprint density at radius 2 is 1.85 bits per heavy atom. The van der Waals surface area contributed by atoms with Crippen molar-refractivity contribution in [3.8, 4) is 6.07 Å². The van der Waals surface area contributed by atoms with Gasteiger partial charge in [0.05, 0.1) is 16.6 Å². The highest BCUT2D eigenvalue weighted by atomic mass is 16.6. The Hall–Kier alpha value is -2.09. The molecule has 1 aromatic carbocycles. The molecule has 0 spiro atoms. The van der Waals surface area contributed by atoms with Gasteiger partial charge in [-0.25, -0.2) is 0 Å². The van der Waals surface area contributed by atoms with Crippen LogP contribution in [-0.2, 0) is 0 Å². The second-order valence-corrected chi connectivity index (χ2v) is 5.29. The van der Waals surface area contributed by atoms with Crippen LogP contribution in [0, 0.1) is 21.4 Å². The van der Waals surface area contributed by atoms with Gasteiger partial charge in [-0.05, 0) is 25.0 Å². The van der Waals surface area contributed by atoms with Gasteiger partial charge in [0.15, 0.2) is 0 Å². The average Bonchev–Trinajstić information content (AvgIpc) is 2.41. The van der Waals surface area contributed by atoms with Crippen LogP contribution in [0.5, 0.6) is 0 Å². The molecule has 0 heterocycles. The van der Waals surface area contributed by atoms with Gasteiger partial charge in [-0.1, -0.05) is 32.1 Å². The highest BCUT2D eigenvalue weighted by Gasteiger charge is 2.18. The second-order valence-electron chi connectivity index (χ2n) is 5.29. The number of nitro groups is 1. The summed E-state index contributed by atoms with van der Waals surface area (Å²) in [4.78, 5) is 10.7. The maximum absolute atomic E-state index is 11.1. The molecule has 1 aromatic rings. The molecule has 2 rings (SSSR count). The summed E-state index contributed by atoms with van der Waals surface area (Å²) in [5, 5.41) is 23.3. The molecule has 0 atom stereocenters. The van der Waals surface area contributed by atoms with Crippen LogP contribution < -0.4 is 5.32 Å². The number of anilines is 1. The van der Waals surface area contributed by atoms with Crippen molar-refractivity contribution >= 4 is 11.4 Å². The van der Waals surface area contributed by atoms with Crippen molar-refractivity contribution in [1.82, 2.24) is 0 Å². The molecule has 0 saturated heterocycles. The first-order valence-corrected chi connectivity index (χ1v) is 7.16. The van der Waals surface area contributed by atoms with Gasteiger partial charge in [-0.2, -0.15) is 5.26 Å². The molecule has 0 radical (unpaired) electrons. The maximum Gasteiger partial charge on any atom is 0.292 e. The molecule has 0 unspecified atom stereocenters. The van der Waals surface area contributed by atoms with Gasteiger partial charge in [0.1, 0.15) is 5.69 Å². The molecule has 1 N–H and O–H groups in total. The fraction of sp³-hybridized carbons (Fsp3) is 0.533. The Kier molecular flexibility index (Phi) is 4.94. The molecule has 0 amide bonds. The zero-order valence-electron chi connectivity index (χ0n) is 11.5. The van der Waals surface area contributed by atoms with Crippen LogP contribution in [-0.4, -0.2) is 11.0 Å². The number of rotatable bonds is 3. The van der Waals surface area contributed by atoms with Crippen molar-refractivity contribution in [1.29, 1.82) is 5.26 Å².